The summed E-state index contributed by atoms with van der Waals surface area (Å²) in [6, 6.07) is 0. The molecule has 0 bridgehead atoms. The van der Waals surface area contributed by atoms with Gasteiger partial charge in [0.15, 0.2) is 4.34 Å². The predicted molar refractivity (Wildman–Crippen MR) is 78.2 cm³/mol. The van der Waals surface area contributed by atoms with Gasteiger partial charge in [0.1, 0.15) is 11.9 Å². The van der Waals surface area contributed by atoms with E-state index in [-0.39, 0.29) is 5.91 Å². The molecule has 1 heterocycles. The molecule has 2 atom stereocenters. The zero-order chi connectivity index (χ0) is 13.7. The van der Waals surface area contributed by atoms with Crippen LogP contribution in [-0.4, -0.2) is 33.1 Å². The molecule has 19 heavy (non-hydrogen) atoms. The number of carbonyl (C=O) groups excluding carboxylic acids is 1. The third-order valence-electron chi connectivity index (χ3n) is 3.79. The first kappa shape index (κ1) is 14.7. The summed E-state index contributed by atoms with van der Waals surface area (Å²) in [7, 11) is 0. The third kappa shape index (κ3) is 3.27. The maximum atomic E-state index is 11.8. The number of rotatable bonds is 7. The summed E-state index contributed by atoms with van der Waals surface area (Å²) < 4.78 is 4.97. The molecule has 1 saturated carbocycles. The van der Waals surface area contributed by atoms with E-state index < -0.39 is 5.54 Å². The van der Waals surface area contributed by atoms with Gasteiger partial charge in [0.2, 0.25) is 5.91 Å². The Morgan fingerprint density at radius 3 is 3.21 bits per heavy atom. The van der Waals surface area contributed by atoms with Gasteiger partial charge in [-0.3, -0.25) is 4.79 Å². The van der Waals surface area contributed by atoms with E-state index >= 15 is 0 Å². The average molecular weight is 300 g/mol. The molecule has 1 aromatic heterocycles. The molecule has 0 saturated heterocycles. The van der Waals surface area contributed by atoms with Crippen LogP contribution in [0.3, 0.4) is 0 Å². The molecule has 3 N–H and O–H groups in total. The number of aromatic nitrogens is 2. The van der Waals surface area contributed by atoms with Crippen molar-refractivity contribution in [2.75, 3.05) is 12.3 Å². The fraction of sp³-hybridized carbons (Fsp3) is 0.750. The number of carbonyl (C=O) groups is 1. The molecule has 0 aliphatic heterocycles. The van der Waals surface area contributed by atoms with Crippen LogP contribution < -0.4 is 11.1 Å². The van der Waals surface area contributed by atoms with Gasteiger partial charge in [0.25, 0.3) is 0 Å². The standard InChI is InChI=1S/C12H20N4OS2/c1-2-15-12(10(13)17)6-3-4-9(12)5-7-18-11-14-8-16-19-11/h8-9,15H,2-7H2,1H3,(H2,13,17). The van der Waals surface area contributed by atoms with Gasteiger partial charge < -0.3 is 11.1 Å². The topological polar surface area (TPSA) is 80.9 Å². The van der Waals surface area contributed by atoms with Crippen LogP contribution in [0.5, 0.6) is 0 Å². The van der Waals surface area contributed by atoms with Crippen molar-refractivity contribution in [3.05, 3.63) is 6.33 Å². The highest BCUT2D eigenvalue weighted by Gasteiger charge is 2.46. The SMILES string of the molecule is CCNC1(C(N)=O)CCCC1CCSc1ncns1. The van der Waals surface area contributed by atoms with Crippen LogP contribution in [0.4, 0.5) is 0 Å². The molecular weight excluding hydrogens is 280 g/mol. The van der Waals surface area contributed by atoms with Crippen molar-refractivity contribution < 1.29 is 4.79 Å². The quantitative estimate of drug-likeness (QED) is 0.748. The lowest BCUT2D eigenvalue weighted by molar-refractivity contribution is -0.125. The minimum Gasteiger partial charge on any atom is -0.368 e. The van der Waals surface area contributed by atoms with Gasteiger partial charge in [-0.1, -0.05) is 25.1 Å². The molecule has 1 amide bonds. The Morgan fingerprint density at radius 1 is 1.74 bits per heavy atom. The minimum absolute atomic E-state index is 0.197. The molecule has 2 rings (SSSR count). The number of nitrogens with zero attached hydrogens (tertiary/aromatic N) is 2. The Kier molecular flexibility index (Phi) is 5.18. The lowest BCUT2D eigenvalue weighted by Crippen LogP contribution is -2.57. The van der Waals surface area contributed by atoms with Crippen molar-refractivity contribution in [1.82, 2.24) is 14.7 Å². The molecule has 1 aromatic rings. The fourth-order valence-corrected chi connectivity index (χ4v) is 4.51. The number of nitrogens with two attached hydrogens (primary N) is 1. The number of thioether (sulfide) groups is 1. The van der Waals surface area contributed by atoms with Crippen molar-refractivity contribution >= 4 is 29.2 Å². The van der Waals surface area contributed by atoms with E-state index in [2.05, 4.69) is 14.7 Å². The number of nitrogens with one attached hydrogen (secondary N) is 1. The number of hydrogen-bond acceptors (Lipinski definition) is 6. The van der Waals surface area contributed by atoms with E-state index in [0.29, 0.717) is 5.92 Å². The Hall–Kier alpha value is -0.660. The molecule has 5 nitrogen and oxygen atoms in total. The van der Waals surface area contributed by atoms with Gasteiger partial charge in [-0.15, -0.1) is 0 Å². The Morgan fingerprint density at radius 2 is 2.58 bits per heavy atom. The van der Waals surface area contributed by atoms with Gasteiger partial charge >= 0.3 is 0 Å². The zero-order valence-electron chi connectivity index (χ0n) is 11.1. The number of amides is 1. The van der Waals surface area contributed by atoms with Gasteiger partial charge in [-0.25, -0.2) is 4.98 Å². The van der Waals surface area contributed by atoms with Gasteiger partial charge in [0, 0.05) is 5.75 Å². The van der Waals surface area contributed by atoms with Crippen molar-refractivity contribution in [2.45, 2.75) is 42.5 Å². The van der Waals surface area contributed by atoms with Crippen LogP contribution in [0.2, 0.25) is 0 Å². The third-order valence-corrected chi connectivity index (χ3v) is 5.62. The van der Waals surface area contributed by atoms with E-state index in [4.69, 9.17) is 5.73 Å². The Bertz CT molecular complexity index is 412. The number of likely N-dealkylation sites (N-methyl/N-ethyl adjacent to an activating group) is 1. The lowest BCUT2D eigenvalue weighted by atomic mass is 9.84. The molecule has 0 radical (unpaired) electrons. The van der Waals surface area contributed by atoms with Gasteiger partial charge in [-0.2, -0.15) is 4.37 Å². The van der Waals surface area contributed by atoms with Crippen LogP contribution in [0.15, 0.2) is 10.7 Å². The van der Waals surface area contributed by atoms with E-state index in [0.717, 1.165) is 42.3 Å². The van der Waals surface area contributed by atoms with Crippen molar-refractivity contribution in [1.29, 1.82) is 0 Å². The monoisotopic (exact) mass is 300 g/mol. The zero-order valence-corrected chi connectivity index (χ0v) is 12.7. The molecule has 106 valence electrons. The van der Waals surface area contributed by atoms with E-state index in [9.17, 15) is 4.79 Å². The van der Waals surface area contributed by atoms with Crippen LogP contribution in [0.1, 0.15) is 32.6 Å². The second-order valence-electron chi connectivity index (χ2n) is 4.80. The second-order valence-corrected chi connectivity index (χ2v) is 6.92. The number of hydrogen-bond donors (Lipinski definition) is 2. The summed E-state index contributed by atoms with van der Waals surface area (Å²) >= 11 is 3.13. The first-order valence-corrected chi connectivity index (χ1v) is 8.39. The normalized spacial score (nSPS) is 26.7. The van der Waals surface area contributed by atoms with Crippen molar-refractivity contribution in [3.8, 4) is 0 Å². The van der Waals surface area contributed by atoms with Crippen molar-refractivity contribution in [2.24, 2.45) is 11.7 Å². The highest BCUT2D eigenvalue weighted by Crippen LogP contribution is 2.39. The highest BCUT2D eigenvalue weighted by molar-refractivity contribution is 8.00. The van der Waals surface area contributed by atoms with E-state index in [1.54, 1.807) is 18.1 Å². The molecule has 1 aliphatic carbocycles. The molecule has 0 aromatic carbocycles. The lowest BCUT2D eigenvalue weighted by Gasteiger charge is -2.33. The maximum absolute atomic E-state index is 11.8. The molecule has 2 unspecified atom stereocenters. The Balaban J connectivity index is 1.92. The van der Waals surface area contributed by atoms with Crippen LogP contribution >= 0.6 is 23.3 Å². The molecular formula is C12H20N4OS2. The summed E-state index contributed by atoms with van der Waals surface area (Å²) in [5.74, 6) is 1.10. The summed E-state index contributed by atoms with van der Waals surface area (Å²) in [6.45, 7) is 2.80. The highest BCUT2D eigenvalue weighted by atomic mass is 32.2. The van der Waals surface area contributed by atoms with Crippen LogP contribution in [0.25, 0.3) is 0 Å². The molecule has 0 spiro atoms. The van der Waals surface area contributed by atoms with Crippen LogP contribution in [0, 0.1) is 5.92 Å². The summed E-state index contributed by atoms with van der Waals surface area (Å²) in [5.41, 5.74) is 5.16. The molecule has 7 heteroatoms. The summed E-state index contributed by atoms with van der Waals surface area (Å²) in [4.78, 5) is 16.0. The first-order valence-electron chi connectivity index (χ1n) is 6.63. The maximum Gasteiger partial charge on any atom is 0.238 e. The Labute approximate surface area is 121 Å². The fourth-order valence-electron chi connectivity index (χ4n) is 2.94. The van der Waals surface area contributed by atoms with Gasteiger partial charge in [-0.05, 0) is 43.3 Å². The minimum atomic E-state index is -0.490. The van der Waals surface area contributed by atoms with E-state index in [1.807, 2.05) is 6.92 Å². The predicted octanol–water partition coefficient (Wildman–Crippen LogP) is 1.65. The largest absolute Gasteiger partial charge is 0.368 e. The summed E-state index contributed by atoms with van der Waals surface area (Å²) in [5, 5.41) is 3.34. The number of primary amides is 1. The molecule has 1 fully saturated rings. The first-order chi connectivity index (χ1) is 9.19. The summed E-state index contributed by atoms with van der Waals surface area (Å²) in [6.07, 6.45) is 5.58. The smallest absolute Gasteiger partial charge is 0.238 e. The van der Waals surface area contributed by atoms with Crippen LogP contribution in [-0.2, 0) is 4.79 Å². The average Bonchev–Trinajstić information content (AvgIpc) is 3.01. The molecule has 1 aliphatic rings. The van der Waals surface area contributed by atoms with Gasteiger partial charge in [0.05, 0.1) is 0 Å². The van der Waals surface area contributed by atoms with Crippen molar-refractivity contribution in [3.63, 3.8) is 0 Å². The second kappa shape index (κ2) is 6.67. The van der Waals surface area contributed by atoms with E-state index in [1.165, 1.54) is 11.5 Å².